The Morgan fingerprint density at radius 1 is 1.44 bits per heavy atom. The molecule has 0 spiro atoms. The molecule has 52 valence electrons. The predicted molar refractivity (Wildman–Crippen MR) is 39.5 cm³/mol. The molecule has 1 saturated heterocycles. The first-order valence-corrected chi connectivity index (χ1v) is 3.49. The highest BCUT2D eigenvalue weighted by Gasteiger charge is 2.28. The molecule has 9 heavy (non-hydrogen) atoms. The number of rotatable bonds is 0. The first kappa shape index (κ1) is 5.45. The number of piperazine rings is 1. The van der Waals surface area contributed by atoms with Crippen LogP contribution >= 0.6 is 0 Å². The fraction of sp³-hybridized carbons (Fsp3) is 0.714. The molecule has 1 fully saturated rings. The Balaban J connectivity index is 0.000000500. The molecule has 0 aromatic rings. The molecular weight excluding hydrogens is 112 g/mol. The number of nitrogens with one attached hydrogen (secondary N) is 1. The summed E-state index contributed by atoms with van der Waals surface area (Å²) >= 11 is 0. The quantitative estimate of drug-likeness (QED) is 0.462. The summed E-state index contributed by atoms with van der Waals surface area (Å²) in [6, 6.07) is 1.34. The van der Waals surface area contributed by atoms with E-state index in [9.17, 15) is 0 Å². The van der Waals surface area contributed by atoms with Gasteiger partial charge in [-0.3, -0.25) is 4.90 Å². The second-order valence-corrected chi connectivity index (χ2v) is 2.84. The van der Waals surface area contributed by atoms with Gasteiger partial charge in [0.2, 0.25) is 0 Å². The van der Waals surface area contributed by atoms with E-state index in [4.69, 9.17) is 0 Å². The number of hydrogen-bond donors (Lipinski definition) is 1. The molecular formula is C7H14N2. The molecule has 0 aromatic heterocycles. The molecule has 0 radical (unpaired) electrons. The summed E-state index contributed by atoms with van der Waals surface area (Å²) in [4.78, 5) is 2.41. The first-order valence-electron chi connectivity index (χ1n) is 3.49. The van der Waals surface area contributed by atoms with Crippen LogP contribution in [0.2, 0.25) is 0 Å². The third-order valence-electron chi connectivity index (χ3n) is 2.31. The molecule has 2 aliphatic heterocycles. The standard InChI is InChI=1S/C7H12N2.H2/c1-9-6-2-3-7(9)5-8-4-6;/h2-3,6-8H,4-5H2,1H3;1H. The summed E-state index contributed by atoms with van der Waals surface area (Å²) in [6.45, 7) is 2.26. The lowest BCUT2D eigenvalue weighted by Gasteiger charge is -2.31. The van der Waals surface area contributed by atoms with E-state index in [-0.39, 0.29) is 1.43 Å². The maximum atomic E-state index is 3.37. The van der Waals surface area contributed by atoms with Gasteiger partial charge in [-0.05, 0) is 7.05 Å². The van der Waals surface area contributed by atoms with E-state index in [2.05, 4.69) is 29.4 Å². The second kappa shape index (κ2) is 1.82. The van der Waals surface area contributed by atoms with Crippen molar-refractivity contribution in [1.29, 1.82) is 0 Å². The maximum Gasteiger partial charge on any atom is 0.0407 e. The Morgan fingerprint density at radius 2 is 2.00 bits per heavy atom. The minimum Gasteiger partial charge on any atom is -0.313 e. The molecule has 0 amide bonds. The lowest BCUT2D eigenvalue weighted by Crippen LogP contribution is -2.50. The molecule has 2 rings (SSSR count). The first-order chi connectivity index (χ1) is 4.38. The van der Waals surface area contributed by atoms with Crippen LogP contribution in [0.4, 0.5) is 0 Å². The molecule has 2 heteroatoms. The average molecular weight is 126 g/mol. The van der Waals surface area contributed by atoms with Crippen LogP contribution in [0.15, 0.2) is 12.2 Å². The zero-order valence-electron chi connectivity index (χ0n) is 5.67. The Morgan fingerprint density at radius 3 is 2.44 bits per heavy atom. The Hall–Kier alpha value is -0.340. The smallest absolute Gasteiger partial charge is 0.0407 e. The maximum absolute atomic E-state index is 3.37. The van der Waals surface area contributed by atoms with Gasteiger partial charge in [0.25, 0.3) is 0 Å². The molecule has 2 unspecified atom stereocenters. The molecule has 2 bridgehead atoms. The summed E-state index contributed by atoms with van der Waals surface area (Å²) in [5.74, 6) is 0. The van der Waals surface area contributed by atoms with Crippen molar-refractivity contribution in [3.63, 3.8) is 0 Å². The SMILES string of the molecule is CN1C2C=CC1CNC2.[HH]. The van der Waals surface area contributed by atoms with Gasteiger partial charge in [-0.15, -0.1) is 0 Å². The number of hydrogen-bond acceptors (Lipinski definition) is 2. The van der Waals surface area contributed by atoms with E-state index in [1.54, 1.807) is 0 Å². The molecule has 0 aromatic carbocycles. The zero-order chi connectivity index (χ0) is 6.27. The Labute approximate surface area is 57.0 Å². The molecule has 0 aliphatic carbocycles. The third-order valence-corrected chi connectivity index (χ3v) is 2.31. The number of likely N-dealkylation sites (N-methyl/N-ethyl adjacent to an activating group) is 1. The van der Waals surface area contributed by atoms with Crippen molar-refractivity contribution in [2.24, 2.45) is 0 Å². The highest BCUT2D eigenvalue weighted by Crippen LogP contribution is 2.16. The van der Waals surface area contributed by atoms with Gasteiger partial charge in [0.05, 0.1) is 0 Å². The topological polar surface area (TPSA) is 15.3 Å². The molecule has 2 aliphatic rings. The van der Waals surface area contributed by atoms with Crippen molar-refractivity contribution < 1.29 is 1.43 Å². The average Bonchev–Trinajstić information content (AvgIpc) is 2.19. The van der Waals surface area contributed by atoms with E-state index >= 15 is 0 Å². The van der Waals surface area contributed by atoms with Crippen LogP contribution in [0, 0.1) is 0 Å². The molecule has 0 saturated carbocycles. The van der Waals surface area contributed by atoms with Gasteiger partial charge in [0, 0.05) is 26.6 Å². The normalized spacial score (nSPS) is 41.9. The van der Waals surface area contributed by atoms with Crippen LogP contribution in [0.25, 0.3) is 0 Å². The minimum atomic E-state index is 0. The van der Waals surface area contributed by atoms with Crippen LogP contribution in [0.5, 0.6) is 0 Å². The van der Waals surface area contributed by atoms with Crippen LogP contribution < -0.4 is 5.32 Å². The van der Waals surface area contributed by atoms with Crippen molar-refractivity contribution in [3.05, 3.63) is 12.2 Å². The van der Waals surface area contributed by atoms with Gasteiger partial charge in [0.1, 0.15) is 0 Å². The van der Waals surface area contributed by atoms with Gasteiger partial charge in [0.15, 0.2) is 0 Å². The van der Waals surface area contributed by atoms with E-state index in [0.29, 0.717) is 12.1 Å². The van der Waals surface area contributed by atoms with Crippen molar-refractivity contribution in [2.75, 3.05) is 20.1 Å². The van der Waals surface area contributed by atoms with Crippen molar-refractivity contribution >= 4 is 0 Å². The lowest BCUT2D eigenvalue weighted by atomic mass is 10.2. The monoisotopic (exact) mass is 126 g/mol. The Bertz CT molecular complexity index is 133. The molecule has 2 heterocycles. The fourth-order valence-electron chi connectivity index (χ4n) is 1.58. The van der Waals surface area contributed by atoms with Crippen molar-refractivity contribution in [2.45, 2.75) is 12.1 Å². The van der Waals surface area contributed by atoms with Crippen LogP contribution in [0.3, 0.4) is 0 Å². The van der Waals surface area contributed by atoms with E-state index in [1.807, 2.05) is 0 Å². The Kier molecular flexibility index (Phi) is 1.10. The zero-order valence-corrected chi connectivity index (χ0v) is 5.67. The van der Waals surface area contributed by atoms with Crippen LogP contribution in [0.1, 0.15) is 1.43 Å². The van der Waals surface area contributed by atoms with Crippen LogP contribution in [-0.2, 0) is 0 Å². The third kappa shape index (κ3) is 0.705. The van der Waals surface area contributed by atoms with E-state index in [1.165, 1.54) is 0 Å². The molecule has 2 nitrogen and oxygen atoms in total. The largest absolute Gasteiger partial charge is 0.313 e. The van der Waals surface area contributed by atoms with Gasteiger partial charge < -0.3 is 5.32 Å². The van der Waals surface area contributed by atoms with Gasteiger partial charge in [-0.25, -0.2) is 0 Å². The molecule has 1 N–H and O–H groups in total. The lowest BCUT2D eigenvalue weighted by molar-refractivity contribution is 0.210. The van der Waals surface area contributed by atoms with Crippen molar-refractivity contribution in [3.8, 4) is 0 Å². The highest BCUT2D eigenvalue weighted by molar-refractivity contribution is 5.13. The number of nitrogens with zero attached hydrogens (tertiary/aromatic N) is 1. The fourth-order valence-corrected chi connectivity index (χ4v) is 1.58. The summed E-state index contributed by atoms with van der Waals surface area (Å²) in [5.41, 5.74) is 0. The van der Waals surface area contributed by atoms with Gasteiger partial charge in [-0.2, -0.15) is 0 Å². The van der Waals surface area contributed by atoms with E-state index in [0.717, 1.165) is 13.1 Å². The van der Waals surface area contributed by atoms with E-state index < -0.39 is 0 Å². The highest BCUT2D eigenvalue weighted by atomic mass is 15.2. The summed E-state index contributed by atoms with van der Waals surface area (Å²) < 4.78 is 0. The van der Waals surface area contributed by atoms with Crippen molar-refractivity contribution in [1.82, 2.24) is 10.2 Å². The van der Waals surface area contributed by atoms with Crippen LogP contribution in [-0.4, -0.2) is 37.1 Å². The van der Waals surface area contributed by atoms with Gasteiger partial charge >= 0.3 is 0 Å². The predicted octanol–water partition coefficient (Wildman–Crippen LogP) is 0.0744. The summed E-state index contributed by atoms with van der Waals surface area (Å²) in [6.07, 6.45) is 4.59. The minimum absolute atomic E-state index is 0. The van der Waals surface area contributed by atoms with Gasteiger partial charge in [-0.1, -0.05) is 12.2 Å². The summed E-state index contributed by atoms with van der Waals surface area (Å²) in [7, 11) is 2.19. The second-order valence-electron chi connectivity index (χ2n) is 2.84. The molecule has 2 atom stereocenters. The summed E-state index contributed by atoms with van der Waals surface area (Å²) in [5, 5.41) is 3.37. The number of fused-ring (bicyclic) bond motifs is 2.